The van der Waals surface area contributed by atoms with Crippen LogP contribution in [0.2, 0.25) is 5.02 Å². The van der Waals surface area contributed by atoms with Gasteiger partial charge in [0.05, 0.1) is 12.6 Å². The lowest BCUT2D eigenvalue weighted by Gasteiger charge is -2.24. The highest BCUT2D eigenvalue weighted by Crippen LogP contribution is 2.28. The van der Waals surface area contributed by atoms with Gasteiger partial charge in [0.15, 0.2) is 0 Å². The molecule has 1 aliphatic heterocycles. The predicted molar refractivity (Wildman–Crippen MR) is 53.2 cm³/mol. The van der Waals surface area contributed by atoms with Gasteiger partial charge in [-0.25, -0.2) is 13.6 Å². The van der Waals surface area contributed by atoms with E-state index in [4.69, 9.17) is 11.6 Å². The van der Waals surface area contributed by atoms with Gasteiger partial charge in [-0.15, -0.1) is 0 Å². The van der Waals surface area contributed by atoms with Crippen molar-refractivity contribution in [3.8, 4) is 0 Å². The molecule has 0 aromatic heterocycles. The van der Waals surface area contributed by atoms with E-state index in [-0.39, 0.29) is 17.2 Å². The molecule has 0 unspecified atom stereocenters. The van der Waals surface area contributed by atoms with Crippen molar-refractivity contribution in [3.05, 3.63) is 34.4 Å². The molecule has 0 saturated carbocycles. The Morgan fingerprint density at radius 1 is 1.38 bits per heavy atom. The number of cyclic esters (lactones) is 1. The van der Waals surface area contributed by atoms with Crippen LogP contribution in [0, 0.1) is 11.6 Å². The first-order valence-electron chi connectivity index (χ1n) is 4.65. The number of halogens is 3. The van der Waals surface area contributed by atoms with Gasteiger partial charge in [0.2, 0.25) is 0 Å². The van der Waals surface area contributed by atoms with E-state index in [9.17, 15) is 13.6 Å². The Balaban J connectivity index is 2.35. The third-order valence-corrected chi connectivity index (χ3v) is 2.54. The van der Waals surface area contributed by atoms with E-state index in [1.807, 2.05) is 0 Å². The van der Waals surface area contributed by atoms with Crippen LogP contribution in [0.15, 0.2) is 12.1 Å². The quantitative estimate of drug-likeness (QED) is 0.829. The van der Waals surface area contributed by atoms with Crippen LogP contribution in [0.5, 0.6) is 0 Å². The lowest BCUT2D eigenvalue weighted by molar-refractivity contribution is 0.114. The molecule has 0 aliphatic carbocycles. The van der Waals surface area contributed by atoms with E-state index >= 15 is 0 Å². The molecule has 1 aliphatic rings. The second-order valence-electron chi connectivity index (χ2n) is 3.40. The van der Waals surface area contributed by atoms with Gasteiger partial charge in [0.1, 0.15) is 11.6 Å². The zero-order valence-corrected chi connectivity index (χ0v) is 8.85. The second kappa shape index (κ2) is 4.25. The zero-order chi connectivity index (χ0) is 11.7. The van der Waals surface area contributed by atoms with Gasteiger partial charge in [-0.2, -0.15) is 0 Å². The van der Waals surface area contributed by atoms with E-state index < -0.39 is 23.8 Å². The molecule has 3 nitrogen and oxygen atoms in total. The number of hydrogen-bond acceptors (Lipinski definition) is 2. The third kappa shape index (κ3) is 2.09. The summed E-state index contributed by atoms with van der Waals surface area (Å²) < 4.78 is 31.6. The number of carbonyl (C=O) groups is 1. The summed E-state index contributed by atoms with van der Waals surface area (Å²) in [5.41, 5.74) is -0.180. The van der Waals surface area contributed by atoms with Crippen molar-refractivity contribution < 1.29 is 18.3 Å². The fourth-order valence-corrected chi connectivity index (χ4v) is 1.82. The standard InChI is InChI=1S/C10H8ClF2NO2/c11-5-3-6(12)9(7(13)4-5)8-1-2-16-10(15)14-8/h3-4,8H,1-2H2,(H,14,15)/t8-/m0/s1. The molecule has 86 valence electrons. The zero-order valence-electron chi connectivity index (χ0n) is 8.10. The van der Waals surface area contributed by atoms with E-state index in [0.29, 0.717) is 6.42 Å². The smallest absolute Gasteiger partial charge is 0.407 e. The van der Waals surface area contributed by atoms with E-state index in [0.717, 1.165) is 12.1 Å². The maximum atomic E-state index is 13.5. The van der Waals surface area contributed by atoms with Gasteiger partial charge in [-0.1, -0.05) is 11.6 Å². The Morgan fingerprint density at radius 2 is 2.00 bits per heavy atom. The van der Waals surface area contributed by atoms with Crippen molar-refractivity contribution in [1.82, 2.24) is 5.32 Å². The fourth-order valence-electron chi connectivity index (χ4n) is 1.63. The van der Waals surface area contributed by atoms with E-state index in [1.165, 1.54) is 0 Å². The number of hydrogen-bond donors (Lipinski definition) is 1. The number of benzene rings is 1. The Labute approximate surface area is 95.3 Å². The summed E-state index contributed by atoms with van der Waals surface area (Å²) in [7, 11) is 0. The molecule has 0 spiro atoms. The normalized spacial score (nSPS) is 20.2. The minimum Gasteiger partial charge on any atom is -0.449 e. The summed E-state index contributed by atoms with van der Waals surface area (Å²) in [6.45, 7) is 0.137. The van der Waals surface area contributed by atoms with Crippen molar-refractivity contribution in [2.45, 2.75) is 12.5 Å². The molecule has 1 aromatic rings. The summed E-state index contributed by atoms with van der Waals surface area (Å²) >= 11 is 5.50. The number of nitrogens with one attached hydrogen (secondary N) is 1. The number of alkyl carbamates (subject to hydrolysis) is 1. The fraction of sp³-hybridized carbons (Fsp3) is 0.300. The number of carbonyl (C=O) groups excluding carboxylic acids is 1. The van der Waals surface area contributed by atoms with Gasteiger partial charge in [0, 0.05) is 17.0 Å². The Morgan fingerprint density at radius 3 is 2.56 bits per heavy atom. The number of rotatable bonds is 1. The first-order valence-corrected chi connectivity index (χ1v) is 5.03. The minimum atomic E-state index is -0.766. The molecule has 0 bridgehead atoms. The monoisotopic (exact) mass is 247 g/mol. The van der Waals surface area contributed by atoms with Crippen LogP contribution in [0.1, 0.15) is 18.0 Å². The summed E-state index contributed by atoms with van der Waals surface area (Å²) in [6, 6.07) is 1.32. The van der Waals surface area contributed by atoms with Crippen molar-refractivity contribution in [2.75, 3.05) is 6.61 Å². The van der Waals surface area contributed by atoms with Gasteiger partial charge in [-0.3, -0.25) is 0 Å². The molecule has 2 rings (SSSR count). The Hall–Kier alpha value is -1.36. The summed E-state index contributed by atoms with van der Waals surface area (Å²) in [5.74, 6) is -1.53. The molecule has 1 fully saturated rings. The first kappa shape index (κ1) is 11.1. The van der Waals surface area contributed by atoms with Crippen LogP contribution in [-0.2, 0) is 4.74 Å². The topological polar surface area (TPSA) is 38.3 Å². The van der Waals surface area contributed by atoms with Crippen LogP contribution in [0.4, 0.5) is 13.6 Å². The average Bonchev–Trinajstić information content (AvgIpc) is 2.15. The first-order chi connectivity index (χ1) is 7.58. The number of amides is 1. The van der Waals surface area contributed by atoms with Crippen molar-refractivity contribution in [3.63, 3.8) is 0 Å². The Bertz CT molecular complexity index is 416. The Kier molecular flexibility index (Phi) is 2.96. The molecule has 1 heterocycles. The summed E-state index contributed by atoms with van der Waals surface area (Å²) in [6.07, 6.45) is -0.355. The molecule has 6 heteroatoms. The molecule has 1 aromatic carbocycles. The van der Waals surface area contributed by atoms with Gasteiger partial charge in [-0.05, 0) is 12.1 Å². The van der Waals surface area contributed by atoms with Crippen LogP contribution in [0.3, 0.4) is 0 Å². The lowest BCUT2D eigenvalue weighted by atomic mass is 10.0. The largest absolute Gasteiger partial charge is 0.449 e. The van der Waals surface area contributed by atoms with Crippen molar-refractivity contribution >= 4 is 17.7 Å². The number of ether oxygens (including phenoxy) is 1. The maximum absolute atomic E-state index is 13.5. The van der Waals surface area contributed by atoms with Crippen molar-refractivity contribution in [2.24, 2.45) is 0 Å². The van der Waals surface area contributed by atoms with Crippen LogP contribution < -0.4 is 5.32 Å². The highest BCUT2D eigenvalue weighted by atomic mass is 35.5. The van der Waals surface area contributed by atoms with E-state index in [2.05, 4.69) is 10.1 Å². The van der Waals surface area contributed by atoms with E-state index in [1.54, 1.807) is 0 Å². The average molecular weight is 248 g/mol. The van der Waals surface area contributed by atoms with Gasteiger partial charge >= 0.3 is 6.09 Å². The van der Waals surface area contributed by atoms with Crippen LogP contribution >= 0.6 is 11.6 Å². The SMILES string of the molecule is O=C1N[C@H](c2c(F)cc(Cl)cc2F)CCO1. The third-order valence-electron chi connectivity index (χ3n) is 2.32. The van der Waals surface area contributed by atoms with Crippen LogP contribution in [-0.4, -0.2) is 12.7 Å². The molecule has 1 atom stereocenters. The molecule has 16 heavy (non-hydrogen) atoms. The van der Waals surface area contributed by atoms with Crippen molar-refractivity contribution in [1.29, 1.82) is 0 Å². The minimum absolute atomic E-state index is 0.0165. The molecule has 1 N–H and O–H groups in total. The summed E-state index contributed by atoms with van der Waals surface area (Å²) in [4.78, 5) is 10.9. The molecule has 1 amide bonds. The van der Waals surface area contributed by atoms with Gasteiger partial charge < -0.3 is 10.1 Å². The molecule has 0 radical (unpaired) electrons. The lowest BCUT2D eigenvalue weighted by Crippen LogP contribution is -2.36. The summed E-state index contributed by atoms with van der Waals surface area (Å²) in [5, 5.41) is 2.33. The predicted octanol–water partition coefficient (Wildman–Crippen LogP) is 2.79. The van der Waals surface area contributed by atoms with Crippen LogP contribution in [0.25, 0.3) is 0 Å². The molecule has 1 saturated heterocycles. The molecular formula is C10H8ClF2NO2. The highest BCUT2D eigenvalue weighted by molar-refractivity contribution is 6.30. The van der Waals surface area contributed by atoms with Gasteiger partial charge in [0.25, 0.3) is 0 Å². The second-order valence-corrected chi connectivity index (χ2v) is 3.84. The maximum Gasteiger partial charge on any atom is 0.407 e. The highest BCUT2D eigenvalue weighted by Gasteiger charge is 2.26. The molecular weight excluding hydrogens is 240 g/mol.